The van der Waals surface area contributed by atoms with Gasteiger partial charge in [-0.3, -0.25) is 9.78 Å². The van der Waals surface area contributed by atoms with Crippen LogP contribution in [0.4, 0.5) is 0 Å². The minimum Gasteiger partial charge on any atom is -0.461 e. The van der Waals surface area contributed by atoms with Crippen LogP contribution in [0.25, 0.3) is 0 Å². The lowest BCUT2D eigenvalue weighted by Gasteiger charge is -2.61. The third-order valence-corrected chi connectivity index (χ3v) is 7.37. The van der Waals surface area contributed by atoms with Gasteiger partial charge in [0.1, 0.15) is 6.10 Å². The Morgan fingerprint density at radius 2 is 1.88 bits per heavy atom. The first-order chi connectivity index (χ1) is 11.4. The highest BCUT2D eigenvalue weighted by molar-refractivity contribution is 5.83. The van der Waals surface area contributed by atoms with E-state index in [0.717, 1.165) is 24.8 Å². The SMILES string of the molecule is CCC(CC)(C(=O)O[C@H]1C[C@H]2C[C@@H]([C@@H]1C)C2(C)C)c1ccncc1. The molecule has 3 aliphatic carbocycles. The molecule has 0 aromatic carbocycles. The molecule has 24 heavy (non-hydrogen) atoms. The van der Waals surface area contributed by atoms with Crippen molar-refractivity contribution in [1.29, 1.82) is 0 Å². The maximum Gasteiger partial charge on any atom is 0.316 e. The van der Waals surface area contributed by atoms with Gasteiger partial charge in [0.2, 0.25) is 0 Å². The molecule has 3 aliphatic rings. The molecule has 4 rings (SSSR count). The highest BCUT2D eigenvalue weighted by Crippen LogP contribution is 2.61. The number of ether oxygens (including phenoxy) is 1. The zero-order valence-corrected chi connectivity index (χ0v) is 15.7. The summed E-state index contributed by atoms with van der Waals surface area (Å²) in [6, 6.07) is 3.91. The summed E-state index contributed by atoms with van der Waals surface area (Å²) in [5.41, 5.74) is 0.904. The molecule has 132 valence electrons. The molecule has 3 saturated carbocycles. The molecule has 0 amide bonds. The van der Waals surface area contributed by atoms with Crippen molar-refractivity contribution in [2.45, 2.75) is 71.8 Å². The fourth-order valence-electron chi connectivity index (χ4n) is 5.24. The first-order valence-electron chi connectivity index (χ1n) is 9.48. The number of nitrogens with zero attached hydrogens (tertiary/aromatic N) is 1. The second-order valence-electron chi connectivity index (χ2n) is 8.42. The number of carbonyl (C=O) groups is 1. The van der Waals surface area contributed by atoms with Gasteiger partial charge in [-0.05, 0) is 66.5 Å². The number of esters is 1. The van der Waals surface area contributed by atoms with E-state index in [-0.39, 0.29) is 12.1 Å². The molecular formula is C21H31NO2. The van der Waals surface area contributed by atoms with Gasteiger partial charge in [0.05, 0.1) is 5.41 Å². The smallest absolute Gasteiger partial charge is 0.316 e. The lowest BCUT2D eigenvalue weighted by molar-refractivity contribution is -0.191. The largest absolute Gasteiger partial charge is 0.461 e. The quantitative estimate of drug-likeness (QED) is 0.732. The van der Waals surface area contributed by atoms with Gasteiger partial charge in [0, 0.05) is 12.4 Å². The molecule has 1 heterocycles. The number of pyridine rings is 1. The Balaban J connectivity index is 1.78. The first kappa shape index (κ1) is 17.4. The van der Waals surface area contributed by atoms with E-state index in [4.69, 9.17) is 4.74 Å². The van der Waals surface area contributed by atoms with Crippen LogP contribution in [-0.4, -0.2) is 17.1 Å². The predicted molar refractivity (Wildman–Crippen MR) is 95.5 cm³/mol. The van der Waals surface area contributed by atoms with Crippen molar-refractivity contribution in [3.8, 4) is 0 Å². The van der Waals surface area contributed by atoms with Gasteiger partial charge >= 0.3 is 5.97 Å². The zero-order valence-electron chi connectivity index (χ0n) is 15.7. The van der Waals surface area contributed by atoms with Crippen LogP contribution in [0.15, 0.2) is 24.5 Å². The molecule has 1 aromatic rings. The molecule has 0 aliphatic heterocycles. The third-order valence-electron chi connectivity index (χ3n) is 7.37. The fraction of sp³-hybridized carbons (Fsp3) is 0.714. The van der Waals surface area contributed by atoms with E-state index >= 15 is 0 Å². The molecule has 1 aromatic heterocycles. The molecule has 0 N–H and O–H groups in total. The molecule has 3 heteroatoms. The van der Waals surface area contributed by atoms with Crippen LogP contribution in [-0.2, 0) is 14.9 Å². The van der Waals surface area contributed by atoms with Crippen molar-refractivity contribution in [2.75, 3.05) is 0 Å². The van der Waals surface area contributed by atoms with E-state index in [1.165, 1.54) is 6.42 Å². The van der Waals surface area contributed by atoms with Gasteiger partial charge in [-0.2, -0.15) is 0 Å². The van der Waals surface area contributed by atoms with Crippen molar-refractivity contribution in [3.63, 3.8) is 0 Å². The first-order valence-corrected chi connectivity index (χ1v) is 9.48. The molecule has 3 fully saturated rings. The number of fused-ring (bicyclic) bond motifs is 2. The average molecular weight is 329 g/mol. The molecule has 0 radical (unpaired) electrons. The van der Waals surface area contributed by atoms with Crippen LogP contribution in [0, 0.1) is 23.2 Å². The van der Waals surface area contributed by atoms with Crippen LogP contribution in [0.5, 0.6) is 0 Å². The normalized spacial score (nSPS) is 31.2. The molecule has 4 atom stereocenters. The van der Waals surface area contributed by atoms with Crippen LogP contribution >= 0.6 is 0 Å². The Hall–Kier alpha value is -1.38. The summed E-state index contributed by atoms with van der Waals surface area (Å²) in [5, 5.41) is 0. The predicted octanol–water partition coefficient (Wildman–Crippen LogP) is 4.75. The van der Waals surface area contributed by atoms with Gasteiger partial charge in [0.25, 0.3) is 0 Å². The minimum atomic E-state index is -0.542. The van der Waals surface area contributed by atoms with E-state index in [2.05, 4.69) is 39.6 Å². The zero-order chi connectivity index (χ0) is 17.5. The number of aromatic nitrogens is 1. The second-order valence-corrected chi connectivity index (χ2v) is 8.42. The average Bonchev–Trinajstić information content (AvgIpc) is 2.58. The molecule has 0 spiro atoms. The van der Waals surface area contributed by atoms with Crippen molar-refractivity contribution in [3.05, 3.63) is 30.1 Å². The standard InChI is InChI=1S/C21H31NO2/c1-6-21(7-2,15-8-10-22-11-9-15)19(23)24-18-13-16-12-17(14(18)3)20(16,4)5/h8-11,14,16-18H,6-7,12-13H2,1-5H3/t14-,16+,17-,18-/m0/s1. The van der Waals surface area contributed by atoms with Gasteiger partial charge < -0.3 is 4.74 Å². The Morgan fingerprint density at radius 1 is 1.25 bits per heavy atom. The lowest BCUT2D eigenvalue weighted by atomic mass is 9.45. The van der Waals surface area contributed by atoms with Crippen LogP contribution in [0.3, 0.4) is 0 Å². The summed E-state index contributed by atoms with van der Waals surface area (Å²) in [6.45, 7) is 11.2. The van der Waals surface area contributed by atoms with E-state index in [1.807, 2.05) is 12.1 Å². The number of carbonyl (C=O) groups excluding carboxylic acids is 1. The van der Waals surface area contributed by atoms with Crippen molar-refractivity contribution in [2.24, 2.45) is 23.2 Å². The van der Waals surface area contributed by atoms with Crippen LogP contribution < -0.4 is 0 Å². The molecule has 0 unspecified atom stereocenters. The second kappa shape index (κ2) is 6.16. The van der Waals surface area contributed by atoms with E-state index in [9.17, 15) is 4.79 Å². The highest BCUT2D eigenvalue weighted by atomic mass is 16.5. The summed E-state index contributed by atoms with van der Waals surface area (Å²) >= 11 is 0. The van der Waals surface area contributed by atoms with Crippen molar-refractivity contribution in [1.82, 2.24) is 4.98 Å². The Morgan fingerprint density at radius 3 is 2.38 bits per heavy atom. The molecule has 3 nitrogen and oxygen atoms in total. The summed E-state index contributed by atoms with van der Waals surface area (Å²) in [4.78, 5) is 17.3. The molecule has 2 bridgehead atoms. The Labute approximate surface area is 146 Å². The van der Waals surface area contributed by atoms with Gasteiger partial charge in [0.15, 0.2) is 0 Å². The third kappa shape index (κ3) is 2.48. The summed E-state index contributed by atoms with van der Waals surface area (Å²) in [5.74, 6) is 1.80. The number of hydrogen-bond acceptors (Lipinski definition) is 3. The number of rotatable bonds is 5. The fourth-order valence-corrected chi connectivity index (χ4v) is 5.24. The van der Waals surface area contributed by atoms with Crippen molar-refractivity contribution >= 4 is 5.97 Å². The summed E-state index contributed by atoms with van der Waals surface area (Å²) < 4.78 is 6.14. The Bertz CT molecular complexity index is 591. The summed E-state index contributed by atoms with van der Waals surface area (Å²) in [6.07, 6.45) is 7.45. The maximum atomic E-state index is 13.2. The van der Waals surface area contributed by atoms with E-state index in [0.29, 0.717) is 23.2 Å². The van der Waals surface area contributed by atoms with Crippen LogP contribution in [0.2, 0.25) is 0 Å². The van der Waals surface area contributed by atoms with Crippen LogP contribution in [0.1, 0.15) is 65.9 Å². The molecular weight excluding hydrogens is 298 g/mol. The molecule has 0 saturated heterocycles. The maximum absolute atomic E-state index is 13.2. The highest BCUT2D eigenvalue weighted by Gasteiger charge is 2.57. The topological polar surface area (TPSA) is 39.2 Å². The van der Waals surface area contributed by atoms with E-state index in [1.54, 1.807) is 12.4 Å². The Kier molecular flexibility index (Phi) is 4.48. The minimum absolute atomic E-state index is 0.0466. The lowest BCUT2D eigenvalue weighted by Crippen LogP contribution is -2.58. The van der Waals surface area contributed by atoms with E-state index < -0.39 is 5.41 Å². The van der Waals surface area contributed by atoms with Crippen molar-refractivity contribution < 1.29 is 9.53 Å². The summed E-state index contributed by atoms with van der Waals surface area (Å²) in [7, 11) is 0. The number of hydrogen-bond donors (Lipinski definition) is 0. The van der Waals surface area contributed by atoms with Gasteiger partial charge in [-0.15, -0.1) is 0 Å². The monoisotopic (exact) mass is 329 g/mol. The van der Waals surface area contributed by atoms with Gasteiger partial charge in [-0.1, -0.05) is 34.6 Å². The van der Waals surface area contributed by atoms with Gasteiger partial charge in [-0.25, -0.2) is 0 Å².